The van der Waals surface area contributed by atoms with Gasteiger partial charge in [-0.3, -0.25) is 14.9 Å². The number of nitro groups is 1. The van der Waals surface area contributed by atoms with Crippen molar-refractivity contribution in [1.29, 1.82) is 0 Å². The lowest BCUT2D eigenvalue weighted by molar-refractivity contribution is -0.384. The van der Waals surface area contributed by atoms with Crippen LogP contribution in [0.1, 0.15) is 48.4 Å². The van der Waals surface area contributed by atoms with Gasteiger partial charge in [-0.2, -0.15) is 8.42 Å². The number of carbonyl (C=O) groups is 3. The molecule has 0 aliphatic heterocycles. The van der Waals surface area contributed by atoms with E-state index in [4.69, 9.17) is 9.47 Å². The Morgan fingerprint density at radius 1 is 0.919 bits per heavy atom. The smallest absolute Gasteiger partial charge is 0.338 e. The van der Waals surface area contributed by atoms with Crippen LogP contribution in [0.3, 0.4) is 0 Å². The summed E-state index contributed by atoms with van der Waals surface area (Å²) in [6, 6.07) is 9.57. The minimum Gasteiger partial charge on any atom is -0.459 e. The van der Waals surface area contributed by atoms with Gasteiger partial charge < -0.3 is 19.0 Å². The molecule has 2 rings (SSSR count). The summed E-state index contributed by atoms with van der Waals surface area (Å²) in [5.74, 6) is -1.23. The van der Waals surface area contributed by atoms with Gasteiger partial charge in [-0.15, -0.1) is 0 Å². The third-order valence-electron chi connectivity index (χ3n) is 3.77. The number of hydrogen-bond acceptors (Lipinski definition) is 11. The first-order valence-electron chi connectivity index (χ1n) is 10.7. The van der Waals surface area contributed by atoms with Gasteiger partial charge in [0.15, 0.2) is 0 Å². The molecule has 0 aliphatic rings. The molecule has 0 aromatic heterocycles. The van der Waals surface area contributed by atoms with Crippen LogP contribution in [-0.4, -0.2) is 56.0 Å². The molecule has 2 aromatic carbocycles. The van der Waals surface area contributed by atoms with Gasteiger partial charge in [0.2, 0.25) is 0 Å². The summed E-state index contributed by atoms with van der Waals surface area (Å²) in [7, 11) is -1.97. The predicted octanol–water partition coefficient (Wildman–Crippen LogP) is 4.18. The summed E-state index contributed by atoms with van der Waals surface area (Å²) in [6.45, 7) is 6.62. The zero-order valence-corrected chi connectivity index (χ0v) is 22.7. The van der Waals surface area contributed by atoms with Crippen LogP contribution in [0.15, 0.2) is 47.4 Å². The minimum absolute atomic E-state index is 0.0615. The number of ether oxygens (including phenoxy) is 2. The first-order chi connectivity index (χ1) is 17.1. The molecule has 0 atom stereocenters. The number of rotatable bonds is 8. The molecule has 37 heavy (non-hydrogen) atoms. The van der Waals surface area contributed by atoms with Gasteiger partial charge in [0.25, 0.3) is 10.9 Å². The average molecular weight is 557 g/mol. The molecule has 0 radical (unpaired) electrons. The molecule has 202 valence electrons. The number of nitrogens with one attached hydrogen (secondary N) is 1. The van der Waals surface area contributed by atoms with Crippen molar-refractivity contribution in [1.82, 2.24) is 5.32 Å². The zero-order valence-electron chi connectivity index (χ0n) is 21.0. The highest BCUT2D eigenvalue weighted by atomic mass is 32.2. The third-order valence-corrected chi connectivity index (χ3v) is 5.16. The number of benzene rings is 2. The minimum atomic E-state index is -3.50. The van der Waals surface area contributed by atoms with Crippen molar-refractivity contribution in [3.8, 4) is 5.75 Å². The van der Waals surface area contributed by atoms with Gasteiger partial charge >= 0.3 is 22.1 Å². The number of thioether (sulfide) groups is 1. The number of carbonyl (C=O) groups excluding carboxylic acids is 3. The van der Waals surface area contributed by atoms with Crippen LogP contribution in [0.25, 0.3) is 0 Å². The van der Waals surface area contributed by atoms with E-state index in [0.717, 1.165) is 30.2 Å². The fourth-order valence-electron chi connectivity index (χ4n) is 2.41. The Balaban J connectivity index is 0.000000384. The molecule has 1 N–H and O–H groups in total. The molecule has 0 bridgehead atoms. The Morgan fingerprint density at radius 3 is 1.73 bits per heavy atom. The van der Waals surface area contributed by atoms with E-state index in [1.54, 1.807) is 39.8 Å². The number of amides is 1. The summed E-state index contributed by atoms with van der Waals surface area (Å²) in [6.07, 6.45) is 0.228. The van der Waals surface area contributed by atoms with E-state index in [1.807, 2.05) is 0 Å². The number of hydrogen-bond donors (Lipinski definition) is 1. The van der Waals surface area contributed by atoms with E-state index >= 15 is 0 Å². The second-order valence-electron chi connectivity index (χ2n) is 7.83. The summed E-state index contributed by atoms with van der Waals surface area (Å²) in [5, 5.41) is 13.2. The van der Waals surface area contributed by atoms with Crippen LogP contribution in [0.2, 0.25) is 0 Å². The number of nitro benzene ring substituents is 1. The van der Waals surface area contributed by atoms with E-state index < -0.39 is 27.0 Å². The summed E-state index contributed by atoms with van der Waals surface area (Å²) in [4.78, 5) is 45.6. The summed E-state index contributed by atoms with van der Waals surface area (Å²) in [5.41, 5.74) is -0.494. The second-order valence-corrected chi connectivity index (χ2v) is 10.5. The summed E-state index contributed by atoms with van der Waals surface area (Å²) < 4.78 is 36.2. The number of non-ortho nitro benzene ring substituents is 1. The standard InChI is InChI=1S/C14H17NO6.C9H11NO4S2/c1-8(2)20-13(16)10-5-11(14(17)21-9(3)4)7-12(6-10)15(18)19;1-10-9(11)15-8-5-3-7(4-6-8)14-16(2,12)13/h5-9H,1-4H3;3-6H,1-2H3,(H,10,11). The largest absolute Gasteiger partial charge is 0.459 e. The van der Waals surface area contributed by atoms with Gasteiger partial charge in [0.1, 0.15) is 5.75 Å². The molecule has 14 heteroatoms. The molecule has 0 fully saturated rings. The lowest BCUT2D eigenvalue weighted by Gasteiger charge is -2.10. The molecule has 0 saturated carbocycles. The molecular formula is C23H28N2O10S2. The van der Waals surface area contributed by atoms with Crippen molar-refractivity contribution in [2.24, 2.45) is 0 Å². The van der Waals surface area contributed by atoms with E-state index in [2.05, 4.69) is 9.50 Å². The molecule has 0 heterocycles. The fraction of sp³-hybridized carbons (Fsp3) is 0.348. The lowest BCUT2D eigenvalue weighted by atomic mass is 10.1. The predicted molar refractivity (Wildman–Crippen MR) is 136 cm³/mol. The molecule has 0 spiro atoms. The molecule has 0 saturated heterocycles. The quantitative estimate of drug-likeness (QED) is 0.163. The zero-order chi connectivity index (χ0) is 28.3. The Hall–Kier alpha value is -3.65. The van der Waals surface area contributed by atoms with Crippen LogP contribution in [0.4, 0.5) is 10.5 Å². The van der Waals surface area contributed by atoms with Crippen molar-refractivity contribution in [2.75, 3.05) is 13.3 Å². The van der Waals surface area contributed by atoms with Crippen LogP contribution >= 0.6 is 11.8 Å². The van der Waals surface area contributed by atoms with E-state index in [9.17, 15) is 32.9 Å². The maximum atomic E-state index is 11.8. The SMILES string of the molecule is CC(C)OC(=O)c1cc(C(=O)OC(C)C)cc([N+](=O)[O-])c1.CNC(=O)Sc1ccc(OS(C)(=O)=O)cc1. The van der Waals surface area contributed by atoms with Crippen molar-refractivity contribution >= 4 is 44.7 Å². The van der Waals surface area contributed by atoms with E-state index in [0.29, 0.717) is 4.90 Å². The lowest BCUT2D eigenvalue weighted by Crippen LogP contribution is -2.15. The van der Waals surface area contributed by atoms with Gasteiger partial charge in [0.05, 0.1) is 34.5 Å². The van der Waals surface area contributed by atoms with Crippen molar-refractivity contribution < 1.29 is 41.4 Å². The van der Waals surface area contributed by atoms with Gasteiger partial charge in [-0.1, -0.05) is 0 Å². The molecule has 0 aliphatic carbocycles. The van der Waals surface area contributed by atoms with Gasteiger partial charge in [-0.05, 0) is 69.8 Å². The van der Waals surface area contributed by atoms with E-state index in [-0.39, 0.29) is 40.0 Å². The monoisotopic (exact) mass is 556 g/mol. The normalized spacial score (nSPS) is 10.7. The molecule has 2 aromatic rings. The van der Waals surface area contributed by atoms with Crippen LogP contribution in [-0.2, 0) is 19.6 Å². The maximum absolute atomic E-state index is 11.8. The molecule has 1 amide bonds. The first-order valence-corrected chi connectivity index (χ1v) is 13.3. The Kier molecular flexibility index (Phi) is 12.0. The van der Waals surface area contributed by atoms with E-state index in [1.165, 1.54) is 25.2 Å². The number of nitrogens with zero attached hydrogens (tertiary/aromatic N) is 1. The average Bonchev–Trinajstić information content (AvgIpc) is 2.78. The third kappa shape index (κ3) is 12.2. The first kappa shape index (κ1) is 31.4. The fourth-order valence-corrected chi connectivity index (χ4v) is 3.46. The van der Waals surface area contributed by atoms with Gasteiger partial charge in [-0.25, -0.2) is 9.59 Å². The highest BCUT2D eigenvalue weighted by Crippen LogP contribution is 2.22. The van der Waals surface area contributed by atoms with Crippen LogP contribution < -0.4 is 9.50 Å². The van der Waals surface area contributed by atoms with Crippen LogP contribution in [0, 0.1) is 10.1 Å². The highest BCUT2D eigenvalue weighted by Gasteiger charge is 2.20. The van der Waals surface area contributed by atoms with Crippen molar-refractivity contribution in [2.45, 2.75) is 44.8 Å². The Bertz CT molecular complexity index is 1190. The van der Waals surface area contributed by atoms with Gasteiger partial charge in [0, 0.05) is 24.1 Å². The molecule has 12 nitrogen and oxygen atoms in total. The highest BCUT2D eigenvalue weighted by molar-refractivity contribution is 8.13. The Morgan fingerprint density at radius 2 is 1.38 bits per heavy atom. The Labute approximate surface area is 218 Å². The maximum Gasteiger partial charge on any atom is 0.338 e. The summed E-state index contributed by atoms with van der Waals surface area (Å²) >= 11 is 1.02. The second kappa shape index (κ2) is 14.2. The van der Waals surface area contributed by atoms with Crippen molar-refractivity contribution in [3.05, 3.63) is 63.7 Å². The van der Waals surface area contributed by atoms with Crippen molar-refractivity contribution in [3.63, 3.8) is 0 Å². The topological polar surface area (TPSA) is 168 Å². The number of esters is 2. The molecular weight excluding hydrogens is 528 g/mol. The van der Waals surface area contributed by atoms with Crippen LogP contribution in [0.5, 0.6) is 5.75 Å². The molecule has 0 unspecified atom stereocenters.